The summed E-state index contributed by atoms with van der Waals surface area (Å²) in [6, 6.07) is 17.3. The van der Waals surface area contributed by atoms with Crippen molar-refractivity contribution in [2.45, 2.75) is 26.1 Å². The minimum atomic E-state index is -0.424. The first-order chi connectivity index (χ1) is 13.2. The van der Waals surface area contributed by atoms with Gasteiger partial charge in [-0.2, -0.15) is 0 Å². The molecule has 1 unspecified atom stereocenters. The van der Waals surface area contributed by atoms with E-state index in [1.165, 1.54) is 6.08 Å². The zero-order valence-corrected chi connectivity index (χ0v) is 14.9. The van der Waals surface area contributed by atoms with Crippen LogP contribution in [-0.4, -0.2) is 17.2 Å². The fourth-order valence-corrected chi connectivity index (χ4v) is 3.01. The average molecular weight is 361 g/mol. The van der Waals surface area contributed by atoms with Crippen LogP contribution >= 0.6 is 0 Å². The van der Waals surface area contributed by atoms with Gasteiger partial charge in [-0.15, -0.1) is 0 Å². The summed E-state index contributed by atoms with van der Waals surface area (Å²) in [7, 11) is 0. The number of hydrogen-bond donors (Lipinski definition) is 0. The Morgan fingerprint density at radius 1 is 1.22 bits per heavy atom. The van der Waals surface area contributed by atoms with Crippen molar-refractivity contribution < 1.29 is 18.8 Å². The molecule has 0 N–H and O–H groups in total. The van der Waals surface area contributed by atoms with Crippen LogP contribution in [0.5, 0.6) is 5.75 Å². The fraction of sp³-hybridized carbons (Fsp3) is 0.182. The zero-order chi connectivity index (χ0) is 18.6. The molecule has 3 aromatic rings. The number of rotatable bonds is 5. The maximum atomic E-state index is 11.8. The predicted molar refractivity (Wildman–Crippen MR) is 101 cm³/mol. The molecule has 136 valence electrons. The molecule has 1 aromatic heterocycles. The summed E-state index contributed by atoms with van der Waals surface area (Å²) in [6.07, 6.45) is 4.20. The van der Waals surface area contributed by atoms with Crippen molar-refractivity contribution in [3.63, 3.8) is 0 Å². The van der Waals surface area contributed by atoms with Gasteiger partial charge in [-0.25, -0.2) is 4.79 Å². The molecule has 5 heteroatoms. The molecule has 5 nitrogen and oxygen atoms in total. The van der Waals surface area contributed by atoms with Gasteiger partial charge in [-0.3, -0.25) is 0 Å². The van der Waals surface area contributed by atoms with Crippen LogP contribution in [0.4, 0.5) is 0 Å². The van der Waals surface area contributed by atoms with E-state index in [4.69, 9.17) is 14.0 Å². The largest absolute Gasteiger partial charge is 0.490 e. The van der Waals surface area contributed by atoms with Gasteiger partial charge in [0.2, 0.25) is 0 Å². The summed E-state index contributed by atoms with van der Waals surface area (Å²) < 4.78 is 16.3. The lowest BCUT2D eigenvalue weighted by Gasteiger charge is -2.02. The van der Waals surface area contributed by atoms with Crippen LogP contribution in [0.1, 0.15) is 23.7 Å². The normalized spacial score (nSPS) is 15.5. The second-order valence-corrected chi connectivity index (χ2v) is 6.49. The van der Waals surface area contributed by atoms with Crippen molar-refractivity contribution in [1.29, 1.82) is 0 Å². The van der Waals surface area contributed by atoms with Gasteiger partial charge in [-0.05, 0) is 42.3 Å². The van der Waals surface area contributed by atoms with Gasteiger partial charge in [-0.1, -0.05) is 35.5 Å². The number of carbonyl (C=O) groups excluding carboxylic acids is 1. The molecule has 1 aliphatic heterocycles. The summed E-state index contributed by atoms with van der Waals surface area (Å²) in [4.78, 5) is 11.8. The molecule has 0 saturated heterocycles. The predicted octanol–water partition coefficient (Wildman–Crippen LogP) is 4.42. The maximum Gasteiger partial charge on any atom is 0.331 e. The Morgan fingerprint density at radius 2 is 2.07 bits per heavy atom. The molecule has 4 rings (SSSR count). The first kappa shape index (κ1) is 17.1. The van der Waals surface area contributed by atoms with E-state index < -0.39 is 5.97 Å². The topological polar surface area (TPSA) is 61.6 Å². The molecule has 0 aliphatic carbocycles. The van der Waals surface area contributed by atoms with Crippen molar-refractivity contribution in [1.82, 2.24) is 5.16 Å². The first-order valence-electron chi connectivity index (χ1n) is 8.83. The third-order valence-corrected chi connectivity index (χ3v) is 4.31. The van der Waals surface area contributed by atoms with Crippen LogP contribution in [0.25, 0.3) is 17.4 Å². The van der Waals surface area contributed by atoms with Crippen LogP contribution in [0.2, 0.25) is 0 Å². The Balaban J connectivity index is 1.37. The van der Waals surface area contributed by atoms with Gasteiger partial charge in [0, 0.05) is 24.1 Å². The molecule has 27 heavy (non-hydrogen) atoms. The Labute approximate surface area is 157 Å². The molecular formula is C22H19NO4. The third kappa shape index (κ3) is 4.08. The first-order valence-corrected chi connectivity index (χ1v) is 8.83. The van der Waals surface area contributed by atoms with Crippen molar-refractivity contribution in [3.05, 3.63) is 77.5 Å². The summed E-state index contributed by atoms with van der Waals surface area (Å²) in [5.41, 5.74) is 3.60. The molecule has 0 bridgehead atoms. The molecule has 2 aromatic carbocycles. The van der Waals surface area contributed by atoms with Crippen LogP contribution in [0, 0.1) is 0 Å². The second-order valence-electron chi connectivity index (χ2n) is 6.49. The molecule has 0 saturated carbocycles. The highest BCUT2D eigenvalue weighted by molar-refractivity contribution is 5.87. The van der Waals surface area contributed by atoms with Gasteiger partial charge in [0.25, 0.3) is 0 Å². The maximum absolute atomic E-state index is 11.8. The Hall–Kier alpha value is -3.34. The quantitative estimate of drug-likeness (QED) is 0.497. The highest BCUT2D eigenvalue weighted by Gasteiger charge is 2.20. The summed E-state index contributed by atoms with van der Waals surface area (Å²) >= 11 is 0. The Morgan fingerprint density at radius 3 is 2.93 bits per heavy atom. The van der Waals surface area contributed by atoms with Crippen LogP contribution in [0.15, 0.2) is 65.2 Å². The van der Waals surface area contributed by atoms with Gasteiger partial charge in [0.05, 0.1) is 0 Å². The number of hydrogen-bond acceptors (Lipinski definition) is 5. The van der Waals surface area contributed by atoms with Crippen molar-refractivity contribution in [2.24, 2.45) is 0 Å². The summed E-state index contributed by atoms with van der Waals surface area (Å²) in [5.74, 6) is 1.14. The minimum absolute atomic E-state index is 0.0621. The minimum Gasteiger partial charge on any atom is -0.490 e. The monoisotopic (exact) mass is 361 g/mol. The molecule has 0 fully saturated rings. The van der Waals surface area contributed by atoms with E-state index in [0.29, 0.717) is 11.5 Å². The molecule has 0 radical (unpaired) electrons. The lowest BCUT2D eigenvalue weighted by molar-refractivity contribution is -0.139. The number of benzene rings is 2. The van der Waals surface area contributed by atoms with E-state index in [1.807, 2.05) is 49.4 Å². The number of esters is 1. The van der Waals surface area contributed by atoms with Crippen LogP contribution < -0.4 is 4.74 Å². The molecule has 1 aliphatic rings. The van der Waals surface area contributed by atoms with Crippen LogP contribution in [0.3, 0.4) is 0 Å². The Bertz CT molecular complexity index is 975. The van der Waals surface area contributed by atoms with Gasteiger partial charge in [0.1, 0.15) is 24.2 Å². The molecule has 0 amide bonds. The number of carbonyl (C=O) groups is 1. The molecular weight excluding hydrogens is 342 g/mol. The van der Waals surface area contributed by atoms with Gasteiger partial charge in [0.15, 0.2) is 5.76 Å². The Kier molecular flexibility index (Phi) is 4.75. The number of nitrogens with zero attached hydrogens (tertiary/aromatic N) is 1. The van der Waals surface area contributed by atoms with E-state index in [-0.39, 0.29) is 12.7 Å². The highest BCUT2D eigenvalue weighted by Crippen LogP contribution is 2.33. The lowest BCUT2D eigenvalue weighted by atomic mass is 10.1. The molecule has 0 spiro atoms. The van der Waals surface area contributed by atoms with Crippen molar-refractivity contribution in [3.8, 4) is 17.1 Å². The summed E-state index contributed by atoms with van der Waals surface area (Å²) in [6.45, 7) is 2.11. The lowest BCUT2D eigenvalue weighted by Crippen LogP contribution is -2.05. The third-order valence-electron chi connectivity index (χ3n) is 4.31. The average Bonchev–Trinajstić information content (AvgIpc) is 3.30. The highest BCUT2D eigenvalue weighted by atomic mass is 16.5. The smallest absolute Gasteiger partial charge is 0.331 e. The number of ether oxygens (including phenoxy) is 2. The van der Waals surface area contributed by atoms with E-state index in [9.17, 15) is 4.79 Å². The van der Waals surface area contributed by atoms with Gasteiger partial charge >= 0.3 is 5.97 Å². The van der Waals surface area contributed by atoms with E-state index in [2.05, 4.69) is 11.2 Å². The number of fused-ring (bicyclic) bond motifs is 1. The zero-order valence-electron chi connectivity index (χ0n) is 14.9. The van der Waals surface area contributed by atoms with E-state index in [1.54, 1.807) is 12.1 Å². The number of aromatic nitrogens is 1. The van der Waals surface area contributed by atoms with E-state index in [0.717, 1.165) is 28.9 Å². The SMILES string of the molecule is CC1Cc2cc(-c3cc(COC(=O)/C=C\c4ccccc4)no3)ccc2O1. The fourth-order valence-electron chi connectivity index (χ4n) is 3.01. The second kappa shape index (κ2) is 7.50. The van der Waals surface area contributed by atoms with Gasteiger partial charge < -0.3 is 14.0 Å². The molecule has 1 atom stereocenters. The van der Waals surface area contributed by atoms with E-state index >= 15 is 0 Å². The van der Waals surface area contributed by atoms with Crippen LogP contribution in [-0.2, 0) is 22.6 Å². The van der Waals surface area contributed by atoms with Crippen molar-refractivity contribution >= 4 is 12.0 Å². The molecule has 2 heterocycles. The van der Waals surface area contributed by atoms with Crippen molar-refractivity contribution in [2.75, 3.05) is 0 Å². The standard InChI is InChI=1S/C22H19NO4/c1-15-11-18-12-17(8-9-20(18)26-15)21-13-19(23-27-21)14-25-22(24)10-7-16-5-3-2-4-6-16/h2-10,12-13,15H,11,14H2,1H3/b10-7-. The summed E-state index contributed by atoms with van der Waals surface area (Å²) in [5, 5.41) is 3.98.